The summed E-state index contributed by atoms with van der Waals surface area (Å²) in [6.07, 6.45) is 1.63. The molecule has 2 heterocycles. The van der Waals surface area contributed by atoms with Crippen LogP contribution in [-0.4, -0.2) is 60.3 Å². The van der Waals surface area contributed by atoms with Gasteiger partial charge in [0, 0.05) is 45.8 Å². The molecule has 22 heavy (non-hydrogen) atoms. The number of nitrogens with zero attached hydrogens (tertiary/aromatic N) is 3. The average molecular weight is 324 g/mol. The molecule has 0 spiro atoms. The molecular formula is C16H22ClN3O2. The highest BCUT2D eigenvalue weighted by molar-refractivity contribution is 6.33. The monoisotopic (exact) mass is 323 g/mol. The Morgan fingerprint density at radius 1 is 1.09 bits per heavy atom. The Morgan fingerprint density at radius 3 is 2.41 bits per heavy atom. The molecule has 0 radical (unpaired) electrons. The number of piperazine rings is 1. The van der Waals surface area contributed by atoms with Gasteiger partial charge in [0.25, 0.3) is 0 Å². The maximum atomic E-state index is 11.0. The van der Waals surface area contributed by atoms with E-state index < -0.39 is 6.09 Å². The quantitative estimate of drug-likeness (QED) is 0.929. The predicted octanol–water partition coefficient (Wildman–Crippen LogP) is 2.74. The number of anilines is 1. The zero-order valence-electron chi connectivity index (χ0n) is 12.7. The van der Waals surface area contributed by atoms with Crippen molar-refractivity contribution in [2.24, 2.45) is 0 Å². The van der Waals surface area contributed by atoms with E-state index in [1.807, 2.05) is 12.1 Å². The highest BCUT2D eigenvalue weighted by Gasteiger charge is 2.23. The minimum absolute atomic E-state index is 0.578. The van der Waals surface area contributed by atoms with Gasteiger partial charge in [-0.2, -0.15) is 0 Å². The van der Waals surface area contributed by atoms with E-state index in [0.717, 1.165) is 37.7 Å². The SMILES string of the molecule is O=C(O)N1CCN(Cc2cccc(Cl)c2N2CCCC2)CC1. The van der Waals surface area contributed by atoms with Gasteiger partial charge in [-0.3, -0.25) is 4.90 Å². The first-order chi connectivity index (χ1) is 10.6. The number of hydrogen-bond donors (Lipinski definition) is 1. The molecule has 6 heteroatoms. The third-order valence-electron chi connectivity index (χ3n) is 4.53. The van der Waals surface area contributed by atoms with Gasteiger partial charge in [-0.1, -0.05) is 23.7 Å². The smallest absolute Gasteiger partial charge is 0.407 e. The first-order valence-corrected chi connectivity index (χ1v) is 8.25. The number of carboxylic acid groups (broad SMARTS) is 1. The lowest BCUT2D eigenvalue weighted by molar-refractivity contribution is 0.103. The molecule has 3 rings (SSSR count). The molecule has 0 unspecified atom stereocenters. The number of benzene rings is 1. The van der Waals surface area contributed by atoms with Crippen LogP contribution >= 0.6 is 11.6 Å². The Labute approximate surface area is 136 Å². The Hall–Kier alpha value is -1.46. The van der Waals surface area contributed by atoms with Crippen LogP contribution in [0.5, 0.6) is 0 Å². The first kappa shape index (κ1) is 15.4. The van der Waals surface area contributed by atoms with E-state index in [2.05, 4.69) is 15.9 Å². The molecule has 2 saturated heterocycles. The molecule has 1 amide bonds. The maximum Gasteiger partial charge on any atom is 0.407 e. The van der Waals surface area contributed by atoms with Gasteiger partial charge in [0.15, 0.2) is 0 Å². The predicted molar refractivity (Wildman–Crippen MR) is 87.8 cm³/mol. The van der Waals surface area contributed by atoms with Crippen LogP contribution in [0.1, 0.15) is 18.4 Å². The molecular weight excluding hydrogens is 302 g/mol. The molecule has 120 valence electrons. The van der Waals surface area contributed by atoms with Gasteiger partial charge in [0.05, 0.1) is 10.7 Å². The highest BCUT2D eigenvalue weighted by Crippen LogP contribution is 2.33. The van der Waals surface area contributed by atoms with Gasteiger partial charge in [0.1, 0.15) is 0 Å². The van der Waals surface area contributed by atoms with Gasteiger partial charge in [-0.15, -0.1) is 0 Å². The lowest BCUT2D eigenvalue weighted by Gasteiger charge is -2.34. The second-order valence-electron chi connectivity index (χ2n) is 5.99. The van der Waals surface area contributed by atoms with Crippen LogP contribution in [0.2, 0.25) is 5.02 Å². The minimum atomic E-state index is -0.819. The van der Waals surface area contributed by atoms with E-state index in [1.54, 1.807) is 0 Å². The molecule has 1 aromatic carbocycles. The number of halogens is 1. The van der Waals surface area contributed by atoms with Crippen LogP contribution in [0.25, 0.3) is 0 Å². The first-order valence-electron chi connectivity index (χ1n) is 7.88. The lowest BCUT2D eigenvalue weighted by atomic mass is 10.1. The third kappa shape index (κ3) is 3.31. The van der Waals surface area contributed by atoms with Gasteiger partial charge >= 0.3 is 6.09 Å². The number of carbonyl (C=O) groups is 1. The summed E-state index contributed by atoms with van der Waals surface area (Å²) in [7, 11) is 0. The van der Waals surface area contributed by atoms with Crippen molar-refractivity contribution in [2.45, 2.75) is 19.4 Å². The molecule has 1 aromatic rings. The zero-order valence-corrected chi connectivity index (χ0v) is 13.4. The second-order valence-corrected chi connectivity index (χ2v) is 6.39. The van der Waals surface area contributed by atoms with E-state index >= 15 is 0 Å². The molecule has 1 N–H and O–H groups in total. The van der Waals surface area contributed by atoms with Crippen LogP contribution in [0, 0.1) is 0 Å². The van der Waals surface area contributed by atoms with Crippen molar-refractivity contribution in [1.82, 2.24) is 9.80 Å². The molecule has 5 nitrogen and oxygen atoms in total. The van der Waals surface area contributed by atoms with Crippen molar-refractivity contribution in [3.8, 4) is 0 Å². The van der Waals surface area contributed by atoms with Crippen LogP contribution < -0.4 is 4.90 Å². The number of rotatable bonds is 3. The minimum Gasteiger partial charge on any atom is -0.465 e. The van der Waals surface area contributed by atoms with Crippen molar-refractivity contribution in [3.63, 3.8) is 0 Å². The van der Waals surface area contributed by atoms with E-state index in [9.17, 15) is 4.79 Å². The summed E-state index contributed by atoms with van der Waals surface area (Å²) in [5.41, 5.74) is 2.42. The second kappa shape index (κ2) is 6.75. The number of hydrogen-bond acceptors (Lipinski definition) is 3. The van der Waals surface area contributed by atoms with Crippen molar-refractivity contribution < 1.29 is 9.90 Å². The van der Waals surface area contributed by atoms with Crippen LogP contribution in [0.4, 0.5) is 10.5 Å². The summed E-state index contributed by atoms with van der Waals surface area (Å²) in [6.45, 7) is 5.69. The largest absolute Gasteiger partial charge is 0.465 e. The molecule has 2 fully saturated rings. The van der Waals surface area contributed by atoms with Crippen molar-refractivity contribution >= 4 is 23.4 Å². The molecule has 2 aliphatic heterocycles. The van der Waals surface area contributed by atoms with Crippen LogP contribution in [0.3, 0.4) is 0 Å². The molecule has 0 aromatic heterocycles. The standard InChI is InChI=1S/C16H22ClN3O2/c17-14-5-3-4-13(15(14)19-6-1-2-7-19)12-18-8-10-20(11-9-18)16(21)22/h3-5H,1-2,6-12H2,(H,21,22). The molecule has 0 saturated carbocycles. The summed E-state index contributed by atoms with van der Waals surface area (Å²) >= 11 is 6.45. The normalized spacial score (nSPS) is 19.7. The van der Waals surface area contributed by atoms with E-state index in [1.165, 1.54) is 29.0 Å². The fraction of sp³-hybridized carbons (Fsp3) is 0.562. The molecule has 0 bridgehead atoms. The maximum absolute atomic E-state index is 11.0. The number of para-hydroxylation sites is 1. The topological polar surface area (TPSA) is 47.0 Å². The highest BCUT2D eigenvalue weighted by atomic mass is 35.5. The van der Waals surface area contributed by atoms with E-state index in [-0.39, 0.29) is 0 Å². The van der Waals surface area contributed by atoms with Crippen molar-refractivity contribution in [1.29, 1.82) is 0 Å². The summed E-state index contributed by atoms with van der Waals surface area (Å²) in [6, 6.07) is 6.11. The third-order valence-corrected chi connectivity index (χ3v) is 4.83. The Bertz CT molecular complexity index is 538. The molecule has 2 aliphatic rings. The van der Waals surface area contributed by atoms with Gasteiger partial charge in [-0.05, 0) is 24.5 Å². The summed E-state index contributed by atoms with van der Waals surface area (Å²) in [5.74, 6) is 0. The van der Waals surface area contributed by atoms with E-state index in [0.29, 0.717) is 13.1 Å². The summed E-state index contributed by atoms with van der Waals surface area (Å²) in [4.78, 5) is 17.1. The fourth-order valence-corrected chi connectivity index (χ4v) is 3.63. The zero-order chi connectivity index (χ0) is 15.5. The van der Waals surface area contributed by atoms with Gasteiger partial charge < -0.3 is 14.9 Å². The Morgan fingerprint density at radius 2 is 1.77 bits per heavy atom. The van der Waals surface area contributed by atoms with Crippen LogP contribution in [-0.2, 0) is 6.54 Å². The fourth-order valence-electron chi connectivity index (χ4n) is 3.32. The lowest BCUT2D eigenvalue weighted by Crippen LogP contribution is -2.47. The number of amides is 1. The van der Waals surface area contributed by atoms with E-state index in [4.69, 9.17) is 16.7 Å². The Kier molecular flexibility index (Phi) is 4.74. The van der Waals surface area contributed by atoms with Gasteiger partial charge in [-0.25, -0.2) is 4.79 Å². The van der Waals surface area contributed by atoms with Gasteiger partial charge in [0.2, 0.25) is 0 Å². The summed E-state index contributed by atoms with van der Waals surface area (Å²) in [5, 5.41) is 9.84. The van der Waals surface area contributed by atoms with Crippen LogP contribution in [0.15, 0.2) is 18.2 Å². The van der Waals surface area contributed by atoms with Crippen molar-refractivity contribution in [3.05, 3.63) is 28.8 Å². The molecule has 0 aliphatic carbocycles. The Balaban J connectivity index is 1.70. The van der Waals surface area contributed by atoms with Crippen molar-refractivity contribution in [2.75, 3.05) is 44.2 Å². The molecule has 0 atom stereocenters. The summed E-state index contributed by atoms with van der Waals surface area (Å²) < 4.78 is 0. The average Bonchev–Trinajstić information content (AvgIpc) is 3.02.